The summed E-state index contributed by atoms with van der Waals surface area (Å²) < 4.78 is 75.0. The maximum Gasteiger partial charge on any atom is 0.422 e. The Kier molecular flexibility index (Phi) is 8.06. The quantitative estimate of drug-likeness (QED) is 0.274. The van der Waals surface area contributed by atoms with E-state index in [-0.39, 0.29) is 25.7 Å². The number of esters is 1. The molecule has 1 aromatic carbocycles. The predicted octanol–water partition coefficient (Wildman–Crippen LogP) is 4.51. The minimum absolute atomic E-state index is 0.0229. The molecule has 9 heteroatoms. The number of rotatable bonds is 8. The summed E-state index contributed by atoms with van der Waals surface area (Å²) in [7, 11) is 0. The van der Waals surface area contributed by atoms with Crippen LogP contribution in [0.1, 0.15) is 45.1 Å². The minimum atomic E-state index is -5.00. The van der Waals surface area contributed by atoms with Gasteiger partial charge in [-0.2, -0.15) is 13.2 Å². The van der Waals surface area contributed by atoms with E-state index in [9.17, 15) is 22.4 Å². The molecule has 0 aliphatic carbocycles. The van der Waals surface area contributed by atoms with Gasteiger partial charge in [-0.05, 0) is 38.3 Å². The third-order valence-electron chi connectivity index (χ3n) is 4.22. The van der Waals surface area contributed by atoms with Crippen molar-refractivity contribution in [3.05, 3.63) is 23.5 Å². The molecule has 0 spiro atoms. The molecular weight excluding hydrogens is 384 g/mol. The zero-order valence-corrected chi connectivity index (χ0v) is 15.8. The highest BCUT2D eigenvalue weighted by Gasteiger charge is 2.40. The Labute approximate surface area is 160 Å². The van der Waals surface area contributed by atoms with Gasteiger partial charge < -0.3 is 18.9 Å². The number of hydrogen-bond acceptors (Lipinski definition) is 5. The molecular formula is C19H24F4O5. The van der Waals surface area contributed by atoms with E-state index in [1.807, 2.05) is 13.8 Å². The van der Waals surface area contributed by atoms with Crippen molar-refractivity contribution in [1.82, 2.24) is 0 Å². The largest absolute Gasteiger partial charge is 0.493 e. The molecule has 0 N–H and O–H groups in total. The van der Waals surface area contributed by atoms with Gasteiger partial charge in [0, 0.05) is 6.61 Å². The first-order chi connectivity index (χ1) is 13.3. The fraction of sp³-hybridized carbons (Fsp3) is 0.632. The molecule has 1 aliphatic rings. The second-order valence-electron chi connectivity index (χ2n) is 6.35. The van der Waals surface area contributed by atoms with Gasteiger partial charge in [-0.25, -0.2) is 9.18 Å². The second kappa shape index (κ2) is 10.1. The van der Waals surface area contributed by atoms with E-state index in [4.69, 9.17) is 18.9 Å². The molecule has 1 fully saturated rings. The molecule has 0 bridgehead atoms. The van der Waals surface area contributed by atoms with E-state index in [0.29, 0.717) is 25.9 Å². The predicted molar refractivity (Wildman–Crippen MR) is 91.8 cm³/mol. The van der Waals surface area contributed by atoms with Crippen molar-refractivity contribution in [2.24, 2.45) is 0 Å². The van der Waals surface area contributed by atoms with Crippen LogP contribution < -0.4 is 9.47 Å². The number of ether oxygens (including phenoxy) is 4. The summed E-state index contributed by atoms with van der Waals surface area (Å²) in [4.78, 5) is 12.2. The van der Waals surface area contributed by atoms with E-state index in [1.165, 1.54) is 0 Å². The normalized spacial score (nSPS) is 20.1. The molecule has 5 nitrogen and oxygen atoms in total. The number of carbonyl (C=O) groups excluding carboxylic acids is 1. The highest BCUT2D eigenvalue weighted by atomic mass is 19.4. The molecule has 2 rings (SSSR count). The molecule has 0 aromatic heterocycles. The van der Waals surface area contributed by atoms with Gasteiger partial charge in [-0.1, -0.05) is 13.3 Å². The van der Waals surface area contributed by atoms with Crippen molar-refractivity contribution in [3.63, 3.8) is 0 Å². The molecule has 0 saturated carbocycles. The van der Waals surface area contributed by atoms with Crippen LogP contribution in [0.4, 0.5) is 17.6 Å². The zero-order chi connectivity index (χ0) is 20.7. The van der Waals surface area contributed by atoms with Crippen molar-refractivity contribution in [1.29, 1.82) is 0 Å². The molecule has 1 heterocycles. The van der Waals surface area contributed by atoms with Gasteiger partial charge in [-0.15, -0.1) is 0 Å². The van der Waals surface area contributed by atoms with Crippen LogP contribution in [0.3, 0.4) is 0 Å². The van der Waals surface area contributed by atoms with Gasteiger partial charge in [0.15, 0.2) is 17.7 Å². The maximum absolute atomic E-state index is 14.5. The monoisotopic (exact) mass is 408 g/mol. The molecule has 2 atom stereocenters. The Morgan fingerprint density at radius 2 is 1.93 bits per heavy atom. The summed E-state index contributed by atoms with van der Waals surface area (Å²) in [6.45, 7) is 4.36. The van der Waals surface area contributed by atoms with Gasteiger partial charge in [-0.3, -0.25) is 0 Å². The van der Waals surface area contributed by atoms with E-state index < -0.39 is 41.1 Å². The average Bonchev–Trinajstić information content (AvgIpc) is 2.64. The van der Waals surface area contributed by atoms with Crippen molar-refractivity contribution in [2.75, 3.05) is 19.8 Å². The highest BCUT2D eigenvalue weighted by Crippen LogP contribution is 2.41. The van der Waals surface area contributed by atoms with Crippen molar-refractivity contribution in [3.8, 4) is 11.5 Å². The molecule has 0 radical (unpaired) electrons. The molecule has 28 heavy (non-hydrogen) atoms. The van der Waals surface area contributed by atoms with Crippen molar-refractivity contribution >= 4 is 5.97 Å². The number of benzene rings is 1. The lowest BCUT2D eigenvalue weighted by molar-refractivity contribution is -0.157. The molecule has 0 amide bonds. The maximum atomic E-state index is 14.5. The number of carbonyl (C=O) groups is 1. The Morgan fingerprint density at radius 3 is 2.50 bits per heavy atom. The van der Waals surface area contributed by atoms with Gasteiger partial charge >= 0.3 is 12.1 Å². The van der Waals surface area contributed by atoms with E-state index >= 15 is 0 Å². The first kappa shape index (κ1) is 22.4. The van der Waals surface area contributed by atoms with Crippen LogP contribution in [0.25, 0.3) is 0 Å². The summed E-state index contributed by atoms with van der Waals surface area (Å²) in [6, 6.07) is 1.91. The number of alkyl halides is 3. The lowest BCUT2D eigenvalue weighted by Crippen LogP contribution is -2.38. The summed E-state index contributed by atoms with van der Waals surface area (Å²) in [5.74, 6) is -4.07. The summed E-state index contributed by atoms with van der Waals surface area (Å²) in [5, 5.41) is 0. The lowest BCUT2D eigenvalue weighted by Gasteiger charge is -2.27. The van der Waals surface area contributed by atoms with Crippen molar-refractivity contribution in [2.45, 2.75) is 57.9 Å². The van der Waals surface area contributed by atoms with E-state index in [2.05, 4.69) is 0 Å². The molecule has 2 unspecified atom stereocenters. The summed E-state index contributed by atoms with van der Waals surface area (Å²) in [5.41, 5.74) is -1.59. The third kappa shape index (κ3) is 5.81. The standard InChI is InChI=1S/C19H24F4O5/c1-3-5-10-26-13-8-9-14(17(20)16(13)19(21,22)23)28-18(24)15-7-6-12(11-27-15)25-4-2/h8-9,12,15H,3-7,10-11H2,1-2H3. The van der Waals surface area contributed by atoms with Crippen LogP contribution in [0.5, 0.6) is 11.5 Å². The van der Waals surface area contributed by atoms with Crippen LogP contribution in [-0.4, -0.2) is 38.0 Å². The zero-order valence-electron chi connectivity index (χ0n) is 15.8. The number of halogens is 4. The third-order valence-corrected chi connectivity index (χ3v) is 4.22. The molecule has 1 saturated heterocycles. The summed E-state index contributed by atoms with van der Waals surface area (Å²) in [6.07, 6.45) is -4.08. The molecule has 1 aromatic rings. The first-order valence-corrected chi connectivity index (χ1v) is 9.25. The van der Waals surface area contributed by atoms with E-state index in [0.717, 1.165) is 12.1 Å². The van der Waals surface area contributed by atoms with Gasteiger partial charge in [0.2, 0.25) is 0 Å². The Hall–Kier alpha value is -1.87. The average molecular weight is 408 g/mol. The first-order valence-electron chi connectivity index (χ1n) is 9.25. The number of unbranched alkanes of at least 4 members (excludes halogenated alkanes) is 1. The van der Waals surface area contributed by atoms with Gasteiger partial charge in [0.25, 0.3) is 0 Å². The fourth-order valence-electron chi connectivity index (χ4n) is 2.78. The van der Waals surface area contributed by atoms with E-state index in [1.54, 1.807) is 0 Å². The summed E-state index contributed by atoms with van der Waals surface area (Å²) >= 11 is 0. The van der Waals surface area contributed by atoms with Crippen LogP contribution in [-0.2, 0) is 20.4 Å². The smallest absolute Gasteiger partial charge is 0.422 e. The SMILES string of the molecule is CCCCOc1ccc(OC(=O)C2CCC(OCC)CO2)c(F)c1C(F)(F)F. The van der Waals surface area contributed by atoms with Crippen molar-refractivity contribution < 1.29 is 41.3 Å². The van der Waals surface area contributed by atoms with Gasteiger partial charge in [0.1, 0.15) is 11.3 Å². The topological polar surface area (TPSA) is 54.0 Å². The van der Waals surface area contributed by atoms with Crippen LogP contribution in [0.2, 0.25) is 0 Å². The van der Waals surface area contributed by atoms with Crippen LogP contribution in [0, 0.1) is 5.82 Å². The second-order valence-corrected chi connectivity index (χ2v) is 6.35. The highest BCUT2D eigenvalue weighted by molar-refractivity contribution is 5.77. The molecule has 1 aliphatic heterocycles. The Morgan fingerprint density at radius 1 is 1.21 bits per heavy atom. The number of hydrogen-bond donors (Lipinski definition) is 0. The Bertz CT molecular complexity index is 654. The molecule has 158 valence electrons. The Balaban J connectivity index is 2.12. The van der Waals surface area contributed by atoms with Gasteiger partial charge in [0.05, 0.1) is 19.3 Å². The minimum Gasteiger partial charge on any atom is -0.493 e. The van der Waals surface area contributed by atoms with Crippen LogP contribution in [0.15, 0.2) is 12.1 Å². The van der Waals surface area contributed by atoms with Crippen LogP contribution >= 0.6 is 0 Å². The lowest BCUT2D eigenvalue weighted by atomic mass is 10.1. The fourth-order valence-corrected chi connectivity index (χ4v) is 2.78.